The number of nitrogens with zero attached hydrogens (tertiary/aromatic N) is 7. The Hall–Kier alpha value is -4.74. The van der Waals surface area contributed by atoms with Gasteiger partial charge in [0, 0.05) is 31.7 Å². The summed E-state index contributed by atoms with van der Waals surface area (Å²) >= 11 is 0. The van der Waals surface area contributed by atoms with E-state index in [1.54, 1.807) is 46.2 Å². The van der Waals surface area contributed by atoms with Crippen LogP contribution < -0.4 is 0 Å². The molecule has 4 rings (SSSR count). The number of hydrogen-bond acceptors (Lipinski definition) is 7. The normalized spacial score (nSPS) is 11.3. The Morgan fingerprint density at radius 3 is 1.38 bits per heavy atom. The van der Waals surface area contributed by atoms with Crippen LogP contribution in [0, 0.1) is 0 Å². The summed E-state index contributed by atoms with van der Waals surface area (Å²) in [5.74, 6) is -0.266. The molecule has 0 bridgehead atoms. The van der Waals surface area contributed by atoms with Gasteiger partial charge in [0.25, 0.3) is 11.8 Å². The van der Waals surface area contributed by atoms with Gasteiger partial charge in [0.05, 0.1) is 5.56 Å². The van der Waals surface area contributed by atoms with Crippen LogP contribution >= 0.6 is 0 Å². The lowest BCUT2D eigenvalue weighted by molar-refractivity contribution is -0.137. The molecule has 12 heteroatoms. The van der Waals surface area contributed by atoms with Crippen LogP contribution in [0.3, 0.4) is 0 Å². The van der Waals surface area contributed by atoms with Crippen LogP contribution in [0.2, 0.25) is 0 Å². The molecular formula is C30H30F3N7O2. The van der Waals surface area contributed by atoms with Crippen molar-refractivity contribution in [1.82, 2.24) is 34.7 Å². The van der Waals surface area contributed by atoms with Gasteiger partial charge < -0.3 is 9.80 Å². The first-order valence-electron chi connectivity index (χ1n) is 13.6. The van der Waals surface area contributed by atoms with Gasteiger partial charge in [-0.25, -0.2) is 24.9 Å². The molecule has 2 amide bonds. The van der Waals surface area contributed by atoms with Crippen LogP contribution in [0.25, 0.3) is 34.4 Å². The first-order chi connectivity index (χ1) is 20.1. The third-order valence-corrected chi connectivity index (χ3v) is 6.60. The highest BCUT2D eigenvalue weighted by Crippen LogP contribution is 2.31. The molecule has 4 aromatic rings. The summed E-state index contributed by atoms with van der Waals surface area (Å²) in [4.78, 5) is 51.7. The predicted molar refractivity (Wildman–Crippen MR) is 151 cm³/mol. The van der Waals surface area contributed by atoms with E-state index in [-0.39, 0.29) is 52.1 Å². The second kappa shape index (κ2) is 12.8. The predicted octanol–water partition coefficient (Wildman–Crippen LogP) is 5.65. The summed E-state index contributed by atoms with van der Waals surface area (Å²) in [6.45, 7) is 9.48. The number of rotatable bonds is 9. The quantitative estimate of drug-likeness (QED) is 0.253. The van der Waals surface area contributed by atoms with Gasteiger partial charge in [0.15, 0.2) is 17.5 Å². The minimum absolute atomic E-state index is 0.0771. The number of aromatic nitrogens is 5. The monoisotopic (exact) mass is 577 g/mol. The second-order valence-electron chi connectivity index (χ2n) is 9.15. The van der Waals surface area contributed by atoms with Crippen molar-refractivity contribution in [2.45, 2.75) is 33.9 Å². The van der Waals surface area contributed by atoms with Crippen molar-refractivity contribution in [3.8, 4) is 34.4 Å². The third kappa shape index (κ3) is 6.59. The highest BCUT2D eigenvalue weighted by Gasteiger charge is 2.30. The van der Waals surface area contributed by atoms with E-state index in [4.69, 9.17) is 0 Å². The van der Waals surface area contributed by atoms with E-state index in [2.05, 4.69) is 24.9 Å². The summed E-state index contributed by atoms with van der Waals surface area (Å²) in [7, 11) is 0. The van der Waals surface area contributed by atoms with Crippen LogP contribution in [0.5, 0.6) is 0 Å². The lowest BCUT2D eigenvalue weighted by atomic mass is 10.1. The molecular weight excluding hydrogens is 547 g/mol. The van der Waals surface area contributed by atoms with Gasteiger partial charge in [0.1, 0.15) is 22.8 Å². The number of carbonyl (C=O) groups excluding carboxylic acids is 2. The van der Waals surface area contributed by atoms with Gasteiger partial charge in [-0.3, -0.25) is 9.59 Å². The molecule has 0 aliphatic rings. The zero-order chi connectivity index (χ0) is 30.4. The van der Waals surface area contributed by atoms with E-state index in [0.717, 1.165) is 12.1 Å². The third-order valence-electron chi connectivity index (χ3n) is 6.60. The van der Waals surface area contributed by atoms with Gasteiger partial charge in [0.2, 0.25) is 0 Å². The Morgan fingerprint density at radius 2 is 1.00 bits per heavy atom. The Balaban J connectivity index is 1.86. The Labute approximate surface area is 241 Å². The topological polar surface area (TPSA) is 105 Å². The van der Waals surface area contributed by atoms with Crippen molar-refractivity contribution in [3.05, 3.63) is 77.6 Å². The van der Waals surface area contributed by atoms with Crippen LogP contribution in [-0.2, 0) is 6.18 Å². The summed E-state index contributed by atoms with van der Waals surface area (Å²) < 4.78 is 39.6. The molecule has 0 unspecified atom stereocenters. The Bertz CT molecular complexity index is 1480. The number of halogens is 3. The summed E-state index contributed by atoms with van der Waals surface area (Å²) in [6, 6.07) is 14.2. The molecule has 0 radical (unpaired) electrons. The molecule has 0 aliphatic carbocycles. The highest BCUT2D eigenvalue weighted by atomic mass is 19.4. The van der Waals surface area contributed by atoms with E-state index in [0.29, 0.717) is 31.7 Å². The van der Waals surface area contributed by atoms with Crippen LogP contribution in [0.15, 0.2) is 60.7 Å². The number of alkyl halides is 3. The van der Waals surface area contributed by atoms with E-state index in [1.807, 2.05) is 27.7 Å². The maximum absolute atomic E-state index is 13.2. The molecule has 0 fully saturated rings. The molecule has 0 atom stereocenters. The van der Waals surface area contributed by atoms with Gasteiger partial charge in [-0.05, 0) is 64.1 Å². The maximum atomic E-state index is 13.2. The molecule has 1 aromatic carbocycles. The first kappa shape index (κ1) is 30.2. The molecule has 218 valence electrons. The first-order valence-corrected chi connectivity index (χ1v) is 13.6. The van der Waals surface area contributed by atoms with Gasteiger partial charge in [-0.15, -0.1) is 0 Å². The number of amides is 2. The van der Waals surface area contributed by atoms with E-state index < -0.39 is 11.7 Å². The molecule has 0 saturated carbocycles. The van der Waals surface area contributed by atoms with E-state index in [9.17, 15) is 22.8 Å². The molecule has 3 heterocycles. The van der Waals surface area contributed by atoms with Crippen molar-refractivity contribution < 1.29 is 22.8 Å². The number of benzene rings is 1. The fraction of sp³-hybridized carbons (Fsp3) is 0.300. The van der Waals surface area contributed by atoms with Crippen LogP contribution in [0.1, 0.15) is 54.2 Å². The molecule has 0 saturated heterocycles. The van der Waals surface area contributed by atoms with Crippen molar-refractivity contribution in [3.63, 3.8) is 0 Å². The molecule has 42 heavy (non-hydrogen) atoms. The molecule has 9 nitrogen and oxygen atoms in total. The largest absolute Gasteiger partial charge is 0.416 e. The summed E-state index contributed by atoms with van der Waals surface area (Å²) in [6.07, 6.45) is -4.50. The van der Waals surface area contributed by atoms with Crippen molar-refractivity contribution in [2.75, 3.05) is 26.2 Å². The van der Waals surface area contributed by atoms with E-state index in [1.165, 1.54) is 12.1 Å². The van der Waals surface area contributed by atoms with Gasteiger partial charge >= 0.3 is 6.18 Å². The number of hydrogen-bond donors (Lipinski definition) is 0. The zero-order valence-corrected chi connectivity index (χ0v) is 23.7. The molecule has 0 spiro atoms. The molecule has 0 aliphatic heterocycles. The molecule has 0 N–H and O–H groups in total. The fourth-order valence-corrected chi connectivity index (χ4v) is 4.24. The van der Waals surface area contributed by atoms with Crippen LogP contribution in [0.4, 0.5) is 13.2 Å². The standard InChI is InChI=1S/C30H30F3N7O2/c1-5-39(6-2)28(41)23-13-9-11-21(34-23)26-36-25(19-15-17-20(18-16-19)30(31,32)33)37-27(38-26)22-12-10-14-24(35-22)29(42)40(7-3)8-4/h9-18H,5-8H2,1-4H3. The van der Waals surface area contributed by atoms with Crippen molar-refractivity contribution >= 4 is 11.8 Å². The lowest BCUT2D eigenvalue weighted by Gasteiger charge is -2.18. The number of pyridine rings is 2. The SMILES string of the molecule is CCN(CC)C(=O)c1cccc(-c2nc(-c3ccc(C(F)(F)F)cc3)nc(-c3cccc(C(=O)N(CC)CC)n3)n2)n1. The fourth-order valence-electron chi connectivity index (χ4n) is 4.24. The lowest BCUT2D eigenvalue weighted by Crippen LogP contribution is -2.31. The van der Waals surface area contributed by atoms with Gasteiger partial charge in [-0.1, -0.05) is 24.3 Å². The molecule has 3 aromatic heterocycles. The van der Waals surface area contributed by atoms with Gasteiger partial charge in [-0.2, -0.15) is 13.2 Å². The van der Waals surface area contributed by atoms with Crippen molar-refractivity contribution in [2.24, 2.45) is 0 Å². The summed E-state index contributed by atoms with van der Waals surface area (Å²) in [5, 5.41) is 0. The summed E-state index contributed by atoms with van der Waals surface area (Å²) in [5.41, 5.74) is 0.409. The zero-order valence-electron chi connectivity index (χ0n) is 23.7. The minimum Gasteiger partial charge on any atom is -0.338 e. The maximum Gasteiger partial charge on any atom is 0.416 e. The smallest absolute Gasteiger partial charge is 0.338 e. The van der Waals surface area contributed by atoms with Crippen molar-refractivity contribution in [1.29, 1.82) is 0 Å². The highest BCUT2D eigenvalue weighted by molar-refractivity contribution is 5.93. The number of carbonyl (C=O) groups is 2. The van der Waals surface area contributed by atoms with E-state index >= 15 is 0 Å². The average molecular weight is 578 g/mol. The minimum atomic E-state index is -4.50. The average Bonchev–Trinajstić information content (AvgIpc) is 3.01. The van der Waals surface area contributed by atoms with Crippen LogP contribution in [-0.4, -0.2) is 72.7 Å². The Morgan fingerprint density at radius 1 is 0.595 bits per heavy atom. The second-order valence-corrected chi connectivity index (χ2v) is 9.15. The Kier molecular flexibility index (Phi) is 9.24.